The Kier molecular flexibility index (Phi) is 4.87. The topological polar surface area (TPSA) is 29.3 Å². The summed E-state index contributed by atoms with van der Waals surface area (Å²) >= 11 is 4.78. The molecule has 0 saturated carbocycles. The second kappa shape index (κ2) is 5.96. The summed E-state index contributed by atoms with van der Waals surface area (Å²) in [7, 11) is 0. The molecule has 0 aliphatic rings. The zero-order chi connectivity index (χ0) is 13.0. The first-order valence-corrected chi connectivity index (χ1v) is 6.20. The number of thiocarbonyl (C=S) groups is 1. The highest BCUT2D eigenvalue weighted by Gasteiger charge is 2.10. The molecule has 0 unspecified atom stereocenters. The fourth-order valence-electron chi connectivity index (χ4n) is 1.76. The molecule has 0 fully saturated rings. The van der Waals surface area contributed by atoms with Crippen molar-refractivity contribution in [2.45, 2.75) is 20.8 Å². The van der Waals surface area contributed by atoms with E-state index in [1.165, 1.54) is 6.07 Å². The van der Waals surface area contributed by atoms with Gasteiger partial charge in [0, 0.05) is 24.3 Å². The summed E-state index contributed by atoms with van der Waals surface area (Å²) < 4.78 is 13.7. The lowest BCUT2D eigenvalue weighted by atomic mass is 10.1. The van der Waals surface area contributed by atoms with E-state index in [1.54, 1.807) is 6.07 Å². The van der Waals surface area contributed by atoms with Gasteiger partial charge in [-0.2, -0.15) is 0 Å². The van der Waals surface area contributed by atoms with Crippen molar-refractivity contribution in [2.75, 3.05) is 18.0 Å². The third kappa shape index (κ3) is 3.66. The van der Waals surface area contributed by atoms with Crippen LogP contribution >= 0.6 is 12.2 Å². The Morgan fingerprint density at radius 1 is 1.47 bits per heavy atom. The second-order valence-electron chi connectivity index (χ2n) is 4.46. The fraction of sp³-hybridized carbons (Fsp3) is 0.462. The van der Waals surface area contributed by atoms with Crippen LogP contribution < -0.4 is 10.6 Å². The highest BCUT2D eigenvalue weighted by Crippen LogP contribution is 2.19. The van der Waals surface area contributed by atoms with E-state index in [0.29, 0.717) is 11.5 Å². The SMILES string of the molecule is CCN(CC(C)C)c1ccc(C(N)=S)c(F)c1. The van der Waals surface area contributed by atoms with Crippen LogP contribution in [0.4, 0.5) is 10.1 Å². The van der Waals surface area contributed by atoms with E-state index >= 15 is 0 Å². The van der Waals surface area contributed by atoms with Crippen LogP contribution in [-0.2, 0) is 0 Å². The molecule has 4 heteroatoms. The van der Waals surface area contributed by atoms with Crippen molar-refractivity contribution < 1.29 is 4.39 Å². The molecule has 17 heavy (non-hydrogen) atoms. The molecule has 0 amide bonds. The molecule has 0 aromatic heterocycles. The normalized spacial score (nSPS) is 10.6. The fourth-order valence-corrected chi connectivity index (χ4v) is 1.92. The summed E-state index contributed by atoms with van der Waals surface area (Å²) in [5, 5.41) is 0. The minimum absolute atomic E-state index is 0.0981. The van der Waals surface area contributed by atoms with Crippen LogP contribution in [-0.4, -0.2) is 18.1 Å². The summed E-state index contributed by atoms with van der Waals surface area (Å²) in [5.74, 6) is 0.186. The van der Waals surface area contributed by atoms with Gasteiger partial charge in [0.25, 0.3) is 0 Å². The molecule has 1 rings (SSSR count). The summed E-state index contributed by atoms with van der Waals surface area (Å²) in [5.41, 5.74) is 6.62. The lowest BCUT2D eigenvalue weighted by molar-refractivity contribution is 0.607. The Hall–Kier alpha value is -1.16. The van der Waals surface area contributed by atoms with Gasteiger partial charge in [0.1, 0.15) is 10.8 Å². The van der Waals surface area contributed by atoms with Gasteiger partial charge >= 0.3 is 0 Å². The largest absolute Gasteiger partial charge is 0.389 e. The Morgan fingerprint density at radius 2 is 2.12 bits per heavy atom. The van der Waals surface area contributed by atoms with Gasteiger partial charge in [0.05, 0.1) is 0 Å². The van der Waals surface area contributed by atoms with Gasteiger partial charge in [-0.25, -0.2) is 4.39 Å². The maximum Gasteiger partial charge on any atom is 0.135 e. The number of benzene rings is 1. The molecule has 0 spiro atoms. The van der Waals surface area contributed by atoms with E-state index < -0.39 is 0 Å². The van der Waals surface area contributed by atoms with Crippen molar-refractivity contribution in [3.05, 3.63) is 29.6 Å². The number of nitrogens with two attached hydrogens (primary N) is 1. The number of anilines is 1. The summed E-state index contributed by atoms with van der Waals surface area (Å²) in [6.07, 6.45) is 0. The second-order valence-corrected chi connectivity index (χ2v) is 4.90. The smallest absolute Gasteiger partial charge is 0.135 e. The van der Waals surface area contributed by atoms with Crippen LogP contribution in [0, 0.1) is 11.7 Å². The van der Waals surface area contributed by atoms with Gasteiger partial charge in [0.15, 0.2) is 0 Å². The van der Waals surface area contributed by atoms with Crippen molar-refractivity contribution in [1.82, 2.24) is 0 Å². The van der Waals surface area contributed by atoms with Crippen molar-refractivity contribution in [2.24, 2.45) is 11.7 Å². The molecule has 0 aliphatic heterocycles. The first-order valence-electron chi connectivity index (χ1n) is 5.80. The van der Waals surface area contributed by atoms with Crippen LogP contribution in [0.15, 0.2) is 18.2 Å². The Morgan fingerprint density at radius 3 is 2.53 bits per heavy atom. The molecule has 1 aromatic rings. The zero-order valence-electron chi connectivity index (χ0n) is 10.5. The molecule has 2 N–H and O–H groups in total. The van der Waals surface area contributed by atoms with Crippen molar-refractivity contribution in [3.8, 4) is 0 Å². The van der Waals surface area contributed by atoms with E-state index in [4.69, 9.17) is 18.0 Å². The molecular formula is C13H19FN2S. The van der Waals surface area contributed by atoms with Gasteiger partial charge in [-0.15, -0.1) is 0 Å². The van der Waals surface area contributed by atoms with E-state index in [0.717, 1.165) is 18.8 Å². The number of rotatable bonds is 5. The Bertz CT molecular complexity index is 404. The summed E-state index contributed by atoms with van der Waals surface area (Å²) in [6.45, 7) is 8.10. The van der Waals surface area contributed by atoms with E-state index in [1.807, 2.05) is 6.07 Å². The molecule has 0 saturated heterocycles. The molecular weight excluding hydrogens is 235 g/mol. The van der Waals surface area contributed by atoms with E-state index in [9.17, 15) is 4.39 Å². The maximum atomic E-state index is 13.7. The third-order valence-corrected chi connectivity index (χ3v) is 2.77. The molecule has 2 nitrogen and oxygen atoms in total. The number of halogens is 1. The lowest BCUT2D eigenvalue weighted by Gasteiger charge is -2.25. The summed E-state index contributed by atoms with van der Waals surface area (Å²) in [4.78, 5) is 2.23. The van der Waals surface area contributed by atoms with Crippen LogP contribution in [0.2, 0.25) is 0 Å². The number of nitrogens with zero attached hydrogens (tertiary/aromatic N) is 1. The van der Waals surface area contributed by atoms with Gasteiger partial charge in [-0.3, -0.25) is 0 Å². The Labute approximate surface area is 108 Å². The highest BCUT2D eigenvalue weighted by molar-refractivity contribution is 7.80. The third-order valence-electron chi connectivity index (χ3n) is 2.55. The minimum Gasteiger partial charge on any atom is -0.389 e. The molecule has 0 atom stereocenters. The zero-order valence-corrected chi connectivity index (χ0v) is 11.4. The molecule has 1 aromatic carbocycles. The van der Waals surface area contributed by atoms with Gasteiger partial charge in [-0.05, 0) is 31.0 Å². The average Bonchev–Trinajstić information content (AvgIpc) is 2.24. The van der Waals surface area contributed by atoms with Crippen LogP contribution in [0.3, 0.4) is 0 Å². The molecule has 0 heterocycles. The van der Waals surface area contributed by atoms with Gasteiger partial charge in [0.2, 0.25) is 0 Å². The van der Waals surface area contributed by atoms with E-state index in [2.05, 4.69) is 25.7 Å². The van der Waals surface area contributed by atoms with E-state index in [-0.39, 0.29) is 10.8 Å². The minimum atomic E-state index is -0.350. The first-order chi connectivity index (χ1) is 7.95. The molecule has 0 radical (unpaired) electrons. The Balaban J connectivity index is 2.98. The first kappa shape index (κ1) is 13.9. The monoisotopic (exact) mass is 254 g/mol. The summed E-state index contributed by atoms with van der Waals surface area (Å²) in [6, 6.07) is 5.01. The van der Waals surface area contributed by atoms with Gasteiger partial charge in [-0.1, -0.05) is 26.1 Å². The quantitative estimate of drug-likeness (QED) is 0.819. The lowest BCUT2D eigenvalue weighted by Crippen LogP contribution is -2.27. The molecule has 94 valence electrons. The van der Waals surface area contributed by atoms with Crippen LogP contribution in [0.5, 0.6) is 0 Å². The number of hydrogen-bond acceptors (Lipinski definition) is 2. The average molecular weight is 254 g/mol. The molecule has 0 aliphatic carbocycles. The predicted molar refractivity (Wildman–Crippen MR) is 75.0 cm³/mol. The van der Waals surface area contributed by atoms with Crippen molar-refractivity contribution in [3.63, 3.8) is 0 Å². The highest BCUT2D eigenvalue weighted by atomic mass is 32.1. The van der Waals surface area contributed by atoms with Crippen molar-refractivity contribution >= 4 is 22.9 Å². The predicted octanol–water partition coefficient (Wildman–Crippen LogP) is 2.94. The standard InChI is InChI=1S/C13H19FN2S/c1-4-16(8-9(2)3)10-5-6-11(13(15)17)12(14)7-10/h5-7,9H,4,8H2,1-3H3,(H2,15,17). The molecule has 0 bridgehead atoms. The maximum absolute atomic E-state index is 13.7. The van der Waals surface area contributed by atoms with Crippen molar-refractivity contribution in [1.29, 1.82) is 0 Å². The van der Waals surface area contributed by atoms with Gasteiger partial charge < -0.3 is 10.6 Å². The number of hydrogen-bond donors (Lipinski definition) is 1. The van der Waals surface area contributed by atoms with Crippen LogP contribution in [0.25, 0.3) is 0 Å². The van der Waals surface area contributed by atoms with Crippen LogP contribution in [0.1, 0.15) is 26.3 Å².